The zero-order valence-corrected chi connectivity index (χ0v) is 44.4. The van der Waals surface area contributed by atoms with E-state index in [1.54, 1.807) is 0 Å². The van der Waals surface area contributed by atoms with E-state index < -0.39 is 0 Å². The highest BCUT2D eigenvalue weighted by molar-refractivity contribution is 5.87. The van der Waals surface area contributed by atoms with Crippen molar-refractivity contribution in [2.75, 3.05) is 37.2 Å². The molecule has 6 aromatic rings. The molecule has 0 atom stereocenters. The number of rotatable bonds is 18. The third-order valence-electron chi connectivity index (χ3n) is 13.4. The molecule has 1 aromatic heterocycles. The molecule has 7 nitrogen and oxygen atoms in total. The number of aromatic nitrogens is 2. The highest BCUT2D eigenvalue weighted by Gasteiger charge is 2.21. The molecule has 0 saturated carbocycles. The van der Waals surface area contributed by atoms with Crippen LogP contribution in [0.25, 0.3) is 11.0 Å². The molecule has 370 valence electrons. The number of para-hydroxylation sites is 4. The van der Waals surface area contributed by atoms with Crippen LogP contribution in [0.2, 0.25) is 0 Å². The first-order valence-corrected chi connectivity index (χ1v) is 25.8. The van der Waals surface area contributed by atoms with Gasteiger partial charge in [0.05, 0.1) is 35.5 Å². The number of amidine groups is 1. The number of fused-ring (bicyclic) bond motifs is 1. The molecule has 7 rings (SSSR count). The van der Waals surface area contributed by atoms with Gasteiger partial charge in [0.2, 0.25) is 0 Å². The SMILES string of the molecule is C=C1/C=C\C=C/N=C(CN(CC)Cc2nc3ccccc3n2CCCc2ccc(C(C)(C)C)cc2)N1CCCc1ccc(C(C)(C)C)cc1.CC(C)(C)c1ccc(CCCNc2ccccc2N)cc1. The van der Waals surface area contributed by atoms with Gasteiger partial charge in [0.15, 0.2) is 0 Å². The number of allylic oxidation sites excluding steroid dienone is 3. The summed E-state index contributed by atoms with van der Waals surface area (Å²) < 4.78 is 2.44. The zero-order chi connectivity index (χ0) is 50.3. The maximum absolute atomic E-state index is 5.91. The van der Waals surface area contributed by atoms with E-state index in [9.17, 15) is 0 Å². The van der Waals surface area contributed by atoms with Crippen LogP contribution in [0.5, 0.6) is 0 Å². The Morgan fingerprint density at radius 2 is 1.11 bits per heavy atom. The van der Waals surface area contributed by atoms with E-state index in [1.165, 1.54) is 38.9 Å². The maximum Gasteiger partial charge on any atom is 0.124 e. The van der Waals surface area contributed by atoms with Gasteiger partial charge in [-0.05, 0) is 131 Å². The minimum absolute atomic E-state index is 0.167. The molecule has 0 unspecified atom stereocenters. The van der Waals surface area contributed by atoms with Gasteiger partial charge in [-0.1, -0.05) is 179 Å². The lowest BCUT2D eigenvalue weighted by molar-refractivity contribution is 0.296. The van der Waals surface area contributed by atoms with Crippen LogP contribution in [0.15, 0.2) is 163 Å². The smallest absolute Gasteiger partial charge is 0.124 e. The topological polar surface area (TPSA) is 74.7 Å². The van der Waals surface area contributed by atoms with Gasteiger partial charge in [-0.3, -0.25) is 4.90 Å². The Balaban J connectivity index is 0.000000319. The van der Waals surface area contributed by atoms with Crippen molar-refractivity contribution in [1.82, 2.24) is 19.4 Å². The highest BCUT2D eigenvalue weighted by atomic mass is 15.3. The Kier molecular flexibility index (Phi) is 18.7. The molecule has 2 heterocycles. The van der Waals surface area contributed by atoms with Crippen molar-refractivity contribution >= 4 is 28.2 Å². The molecular weight excluding hydrogens is 855 g/mol. The molecule has 0 fully saturated rings. The summed E-state index contributed by atoms with van der Waals surface area (Å²) in [5, 5.41) is 3.39. The van der Waals surface area contributed by atoms with Crippen molar-refractivity contribution < 1.29 is 0 Å². The van der Waals surface area contributed by atoms with Gasteiger partial charge in [-0.2, -0.15) is 0 Å². The molecule has 0 saturated heterocycles. The fourth-order valence-corrected chi connectivity index (χ4v) is 8.82. The lowest BCUT2D eigenvalue weighted by atomic mass is 9.86. The van der Waals surface area contributed by atoms with E-state index >= 15 is 0 Å². The third-order valence-corrected chi connectivity index (χ3v) is 13.4. The van der Waals surface area contributed by atoms with Crippen LogP contribution in [0.4, 0.5) is 11.4 Å². The second kappa shape index (κ2) is 24.6. The van der Waals surface area contributed by atoms with Crippen molar-refractivity contribution in [1.29, 1.82) is 0 Å². The van der Waals surface area contributed by atoms with Gasteiger partial charge >= 0.3 is 0 Å². The molecule has 0 amide bonds. The monoisotopic (exact) mass is 938 g/mol. The number of imidazole rings is 1. The second-order valence-electron chi connectivity index (χ2n) is 22.0. The minimum Gasteiger partial charge on any atom is -0.397 e. The van der Waals surface area contributed by atoms with Crippen LogP contribution >= 0.6 is 0 Å². The highest BCUT2D eigenvalue weighted by Crippen LogP contribution is 2.26. The van der Waals surface area contributed by atoms with E-state index in [-0.39, 0.29) is 16.2 Å². The Hall–Kier alpha value is -6.18. The van der Waals surface area contributed by atoms with E-state index in [0.29, 0.717) is 0 Å². The molecule has 5 aromatic carbocycles. The molecule has 1 aliphatic rings. The van der Waals surface area contributed by atoms with Crippen LogP contribution in [-0.4, -0.2) is 51.4 Å². The fraction of sp³-hybridized carbons (Fsp3) is 0.397. The number of nitrogens with zero attached hydrogens (tertiary/aromatic N) is 5. The Bertz CT molecular complexity index is 2660. The van der Waals surface area contributed by atoms with Crippen LogP contribution < -0.4 is 11.1 Å². The summed E-state index contributed by atoms with van der Waals surface area (Å²) in [4.78, 5) is 14.9. The maximum atomic E-state index is 5.91. The Morgan fingerprint density at radius 1 is 0.600 bits per heavy atom. The fourth-order valence-electron chi connectivity index (χ4n) is 8.82. The average Bonchev–Trinajstić information content (AvgIpc) is 3.67. The predicted molar refractivity (Wildman–Crippen MR) is 302 cm³/mol. The average molecular weight is 938 g/mol. The van der Waals surface area contributed by atoms with Gasteiger partial charge in [0.25, 0.3) is 0 Å². The van der Waals surface area contributed by atoms with Gasteiger partial charge in [-0.25, -0.2) is 9.98 Å². The number of hydrogen-bond donors (Lipinski definition) is 2. The molecule has 0 spiro atoms. The first-order chi connectivity index (χ1) is 33.4. The number of nitrogen functional groups attached to an aromatic ring is 1. The molecule has 7 heteroatoms. The molecule has 0 bridgehead atoms. The first-order valence-electron chi connectivity index (χ1n) is 25.8. The summed E-state index contributed by atoms with van der Waals surface area (Å²) in [6, 6.07) is 43.8. The predicted octanol–water partition coefficient (Wildman–Crippen LogP) is 14.6. The van der Waals surface area contributed by atoms with E-state index in [0.717, 1.165) is 112 Å². The molecule has 70 heavy (non-hydrogen) atoms. The number of likely N-dealkylation sites (N-methyl/N-ethyl adjacent to an activating group) is 1. The minimum atomic E-state index is 0.167. The van der Waals surface area contributed by atoms with Crippen LogP contribution in [0.3, 0.4) is 0 Å². The summed E-state index contributed by atoms with van der Waals surface area (Å²) in [5.74, 6) is 2.13. The number of nitrogens with one attached hydrogen (secondary N) is 1. The number of aliphatic imine (C=N–C) groups is 1. The Morgan fingerprint density at radius 3 is 1.66 bits per heavy atom. The van der Waals surface area contributed by atoms with Gasteiger partial charge in [0, 0.05) is 31.5 Å². The zero-order valence-electron chi connectivity index (χ0n) is 44.4. The van der Waals surface area contributed by atoms with Gasteiger partial charge < -0.3 is 20.5 Å². The van der Waals surface area contributed by atoms with Crippen molar-refractivity contribution in [3.63, 3.8) is 0 Å². The normalized spacial score (nSPS) is 14.2. The van der Waals surface area contributed by atoms with Crippen LogP contribution in [0.1, 0.15) is 128 Å². The summed E-state index contributed by atoms with van der Waals surface area (Å²) in [6.07, 6.45) is 14.4. The van der Waals surface area contributed by atoms with Crippen molar-refractivity contribution in [3.8, 4) is 0 Å². The summed E-state index contributed by atoms with van der Waals surface area (Å²) >= 11 is 0. The van der Waals surface area contributed by atoms with Crippen molar-refractivity contribution in [2.45, 2.75) is 137 Å². The molecule has 0 radical (unpaired) electrons. The van der Waals surface area contributed by atoms with Crippen molar-refractivity contribution in [2.24, 2.45) is 4.99 Å². The Labute approximate surface area is 422 Å². The van der Waals surface area contributed by atoms with Crippen molar-refractivity contribution in [3.05, 3.63) is 197 Å². The van der Waals surface area contributed by atoms with Gasteiger partial charge in [-0.15, -0.1) is 0 Å². The summed E-state index contributed by atoms with van der Waals surface area (Å²) in [5.41, 5.74) is 19.9. The van der Waals surface area contributed by atoms with E-state index in [1.807, 2.05) is 42.6 Å². The van der Waals surface area contributed by atoms with E-state index in [4.69, 9.17) is 15.7 Å². The lowest BCUT2D eigenvalue weighted by Gasteiger charge is -2.31. The summed E-state index contributed by atoms with van der Waals surface area (Å²) in [6.45, 7) is 32.1. The number of nitrogens with two attached hydrogens (primary N) is 1. The van der Waals surface area contributed by atoms with E-state index in [2.05, 4.69) is 199 Å². The standard InChI is InChI=1S/C44H57N5.C19H26N2/c1-9-47(32-41-45-29-13-12-16-34(2)48(41)30-14-17-35-21-25-37(26-22-35)43(3,4)5)33-42-46-39-19-10-11-20-40(39)49(42)31-15-18-36-23-27-38(28-24-36)44(6,7)8;1-19(2,3)16-12-10-15(11-13-16)7-6-14-21-18-9-5-4-8-17(18)20/h10-13,16,19-29H,2,9,14-15,17-18,30-33H2,1,3-8H3;4-5,8-13,21H,6-7,14,20H2,1-3H3/b16-12-,29-13-,45-41?;. The van der Waals surface area contributed by atoms with Crippen LogP contribution in [0, 0.1) is 0 Å². The first kappa shape index (κ1) is 53.2. The molecular formula is C63H83N7. The second-order valence-corrected chi connectivity index (χ2v) is 22.0. The molecule has 3 N–H and O–H groups in total. The number of benzene rings is 5. The lowest BCUT2D eigenvalue weighted by Crippen LogP contribution is -2.40. The number of aryl methyl sites for hydroxylation is 4. The summed E-state index contributed by atoms with van der Waals surface area (Å²) in [7, 11) is 0. The van der Waals surface area contributed by atoms with Crippen LogP contribution in [-0.2, 0) is 48.6 Å². The molecule has 0 aliphatic carbocycles. The third kappa shape index (κ3) is 15.7. The number of anilines is 2. The molecule has 1 aliphatic heterocycles. The van der Waals surface area contributed by atoms with Gasteiger partial charge in [0.1, 0.15) is 11.7 Å². The number of hydrogen-bond acceptors (Lipinski definition) is 6. The largest absolute Gasteiger partial charge is 0.397 e. The quantitative estimate of drug-likeness (QED) is 0.0663.